The molecule has 5 rings (SSSR count). The number of hydrogen-bond acceptors (Lipinski definition) is 5. The summed E-state index contributed by atoms with van der Waals surface area (Å²) >= 11 is 0. The summed E-state index contributed by atoms with van der Waals surface area (Å²) in [5, 5.41) is 0.497. The van der Waals surface area contributed by atoms with Gasteiger partial charge in [-0.3, -0.25) is 9.78 Å². The van der Waals surface area contributed by atoms with E-state index in [1.165, 1.54) is 0 Å². The number of aromatic nitrogens is 2. The average Bonchev–Trinajstić information content (AvgIpc) is 2.90. The van der Waals surface area contributed by atoms with Crippen LogP contribution in [0, 0.1) is 11.6 Å². The van der Waals surface area contributed by atoms with Crippen LogP contribution in [0.3, 0.4) is 0 Å². The molecule has 0 bridgehead atoms. The van der Waals surface area contributed by atoms with Crippen molar-refractivity contribution < 1.29 is 23.0 Å². The van der Waals surface area contributed by atoms with Crippen molar-refractivity contribution in [3.05, 3.63) is 94.9 Å². The van der Waals surface area contributed by atoms with Crippen LogP contribution in [0.5, 0.6) is 11.5 Å². The van der Waals surface area contributed by atoms with E-state index in [4.69, 9.17) is 9.47 Å². The minimum absolute atomic E-state index is 0.0948. The Morgan fingerprint density at radius 2 is 1.90 bits per heavy atom. The zero-order valence-electron chi connectivity index (χ0n) is 15.6. The van der Waals surface area contributed by atoms with Gasteiger partial charge in [0.05, 0.1) is 16.8 Å². The molecule has 1 aliphatic heterocycles. The van der Waals surface area contributed by atoms with Crippen molar-refractivity contribution in [2.24, 2.45) is 0 Å². The molecule has 5 nitrogen and oxygen atoms in total. The Balaban J connectivity index is 1.40. The van der Waals surface area contributed by atoms with Gasteiger partial charge in [-0.2, -0.15) is 0 Å². The van der Waals surface area contributed by atoms with Crippen molar-refractivity contribution in [2.45, 2.75) is 13.2 Å². The first kappa shape index (κ1) is 18.2. The monoisotopic (exact) mass is 404 g/mol. The summed E-state index contributed by atoms with van der Waals surface area (Å²) in [5.41, 5.74) is 2.33. The van der Waals surface area contributed by atoms with E-state index in [0.29, 0.717) is 39.4 Å². The predicted octanol–water partition coefficient (Wildman–Crippen LogP) is 4.61. The maximum Gasteiger partial charge on any atom is 0.215 e. The lowest BCUT2D eigenvalue weighted by Crippen LogP contribution is -2.06. The van der Waals surface area contributed by atoms with Crippen LogP contribution in [0.4, 0.5) is 8.78 Å². The minimum Gasteiger partial charge on any atom is -0.488 e. The lowest BCUT2D eigenvalue weighted by atomic mass is 10.0. The summed E-state index contributed by atoms with van der Waals surface area (Å²) < 4.78 is 38.3. The second kappa shape index (κ2) is 7.18. The lowest BCUT2D eigenvalue weighted by Gasteiger charge is -2.10. The number of carbonyl (C=O) groups excluding carboxylic acids is 1. The second-order valence-electron chi connectivity index (χ2n) is 6.84. The summed E-state index contributed by atoms with van der Waals surface area (Å²) in [6.45, 7) is 0.359. The summed E-state index contributed by atoms with van der Waals surface area (Å²) in [4.78, 5) is 21.4. The SMILES string of the molecule is O=C1c2cc(OCc3ccc4cc(F)c(F)cc4n3)ccc2OCc2cccnc21. The highest BCUT2D eigenvalue weighted by Crippen LogP contribution is 2.31. The van der Waals surface area contributed by atoms with Crippen molar-refractivity contribution in [3.63, 3.8) is 0 Å². The van der Waals surface area contributed by atoms with Crippen molar-refractivity contribution in [1.82, 2.24) is 9.97 Å². The van der Waals surface area contributed by atoms with Crippen molar-refractivity contribution >= 4 is 16.7 Å². The Labute approximate surface area is 169 Å². The van der Waals surface area contributed by atoms with Crippen LogP contribution in [0.2, 0.25) is 0 Å². The van der Waals surface area contributed by atoms with Gasteiger partial charge in [-0.1, -0.05) is 12.1 Å². The number of ketones is 1. The van der Waals surface area contributed by atoms with Gasteiger partial charge < -0.3 is 9.47 Å². The maximum absolute atomic E-state index is 13.5. The largest absolute Gasteiger partial charge is 0.488 e. The Kier molecular flexibility index (Phi) is 4.35. The molecule has 0 radical (unpaired) electrons. The zero-order chi connectivity index (χ0) is 20.7. The normalized spacial score (nSPS) is 12.7. The maximum atomic E-state index is 13.5. The molecule has 2 aromatic heterocycles. The van der Waals surface area contributed by atoms with Gasteiger partial charge in [0.25, 0.3) is 0 Å². The molecule has 0 aliphatic carbocycles. The predicted molar refractivity (Wildman–Crippen MR) is 104 cm³/mol. The molecule has 0 saturated heterocycles. The van der Waals surface area contributed by atoms with Crippen molar-refractivity contribution in [3.8, 4) is 11.5 Å². The number of ether oxygens (including phenoxy) is 2. The summed E-state index contributed by atoms with van der Waals surface area (Å²) in [6.07, 6.45) is 1.57. The van der Waals surface area contributed by atoms with Gasteiger partial charge in [-0.15, -0.1) is 0 Å². The Bertz CT molecular complexity index is 1310. The molecule has 4 aromatic rings. The molecule has 1 aliphatic rings. The van der Waals surface area contributed by atoms with Crippen LogP contribution in [0.1, 0.15) is 27.3 Å². The van der Waals surface area contributed by atoms with E-state index in [-0.39, 0.29) is 19.0 Å². The van der Waals surface area contributed by atoms with Crippen LogP contribution < -0.4 is 9.47 Å². The van der Waals surface area contributed by atoms with Crippen LogP contribution >= 0.6 is 0 Å². The van der Waals surface area contributed by atoms with Crippen molar-refractivity contribution in [1.29, 1.82) is 0 Å². The average molecular weight is 404 g/mol. The highest BCUT2D eigenvalue weighted by Gasteiger charge is 2.24. The number of benzene rings is 2. The van der Waals surface area contributed by atoms with E-state index in [9.17, 15) is 13.6 Å². The Morgan fingerprint density at radius 1 is 1.03 bits per heavy atom. The van der Waals surface area contributed by atoms with Gasteiger partial charge in [0.2, 0.25) is 5.78 Å². The first-order valence-electron chi connectivity index (χ1n) is 9.21. The molecule has 0 atom stereocenters. The Morgan fingerprint density at radius 3 is 2.80 bits per heavy atom. The van der Waals surface area contributed by atoms with E-state index >= 15 is 0 Å². The molecular formula is C23H14F2N2O3. The van der Waals surface area contributed by atoms with Crippen LogP contribution in [0.25, 0.3) is 10.9 Å². The molecule has 0 unspecified atom stereocenters. The van der Waals surface area contributed by atoms with E-state index in [2.05, 4.69) is 9.97 Å². The van der Waals surface area contributed by atoms with Gasteiger partial charge in [0.15, 0.2) is 11.6 Å². The highest BCUT2D eigenvalue weighted by atomic mass is 19.2. The topological polar surface area (TPSA) is 61.3 Å². The molecule has 0 amide bonds. The number of fused-ring (bicyclic) bond motifs is 3. The highest BCUT2D eigenvalue weighted by molar-refractivity contribution is 6.10. The van der Waals surface area contributed by atoms with E-state index in [1.54, 1.807) is 42.6 Å². The summed E-state index contributed by atoms with van der Waals surface area (Å²) in [6, 6.07) is 14.0. The smallest absolute Gasteiger partial charge is 0.215 e. The number of carbonyl (C=O) groups is 1. The first-order valence-corrected chi connectivity index (χ1v) is 9.21. The van der Waals surface area contributed by atoms with Gasteiger partial charge in [-0.05, 0) is 36.4 Å². The molecule has 30 heavy (non-hydrogen) atoms. The van der Waals surface area contributed by atoms with Crippen molar-refractivity contribution in [2.75, 3.05) is 0 Å². The van der Waals surface area contributed by atoms with Crippen LogP contribution in [-0.2, 0) is 13.2 Å². The molecule has 3 heterocycles. The molecule has 0 N–H and O–H groups in total. The van der Waals surface area contributed by atoms with E-state index < -0.39 is 11.6 Å². The molecule has 0 spiro atoms. The third-order valence-corrected chi connectivity index (χ3v) is 4.86. The first-order chi connectivity index (χ1) is 14.6. The minimum atomic E-state index is -0.953. The fourth-order valence-electron chi connectivity index (χ4n) is 3.34. The van der Waals surface area contributed by atoms with Crippen LogP contribution in [0.15, 0.2) is 60.8 Å². The zero-order valence-corrected chi connectivity index (χ0v) is 15.6. The van der Waals surface area contributed by atoms with Crippen LogP contribution in [-0.4, -0.2) is 15.8 Å². The fraction of sp³-hybridized carbons (Fsp3) is 0.0870. The molecule has 0 saturated carbocycles. The third-order valence-electron chi connectivity index (χ3n) is 4.86. The third kappa shape index (κ3) is 3.24. The van der Waals surface area contributed by atoms with E-state index in [0.717, 1.165) is 17.7 Å². The van der Waals surface area contributed by atoms with Gasteiger partial charge >= 0.3 is 0 Å². The molecule has 0 fully saturated rings. The second-order valence-corrected chi connectivity index (χ2v) is 6.84. The van der Waals surface area contributed by atoms with Gasteiger partial charge in [0.1, 0.15) is 30.4 Å². The molecular weight excluding hydrogens is 390 g/mol. The van der Waals surface area contributed by atoms with Gasteiger partial charge in [0, 0.05) is 23.2 Å². The number of pyridine rings is 2. The molecule has 148 valence electrons. The van der Waals surface area contributed by atoms with E-state index in [1.807, 2.05) is 6.07 Å². The summed E-state index contributed by atoms with van der Waals surface area (Å²) in [5.74, 6) is -1.18. The standard InChI is InChI=1S/C23H14F2N2O3/c24-18-8-13-3-4-15(27-20(13)10-19(18)25)12-29-16-5-6-21-17(9-16)23(28)22-14(11-30-21)2-1-7-26-22/h1-10H,11-12H2. The molecule has 7 heteroatoms. The number of hydrogen-bond donors (Lipinski definition) is 0. The number of rotatable bonds is 3. The quantitative estimate of drug-likeness (QED) is 0.499. The lowest BCUT2D eigenvalue weighted by molar-refractivity contribution is 0.103. The number of nitrogens with zero attached hydrogens (tertiary/aromatic N) is 2. The summed E-state index contributed by atoms with van der Waals surface area (Å²) in [7, 11) is 0. The molecule has 2 aromatic carbocycles. The Hall–Kier alpha value is -3.87. The fourth-order valence-corrected chi connectivity index (χ4v) is 3.34. The number of halogens is 2. The van der Waals surface area contributed by atoms with Gasteiger partial charge in [-0.25, -0.2) is 13.8 Å².